The maximum atomic E-state index is 12.6. The molecule has 0 spiro atoms. The molecule has 134 valence electrons. The van der Waals surface area contributed by atoms with Crippen LogP contribution in [0.25, 0.3) is 5.69 Å². The molecule has 25 heavy (non-hydrogen) atoms. The normalized spacial score (nSPS) is 18.8. The van der Waals surface area contributed by atoms with Crippen LogP contribution in [-0.4, -0.2) is 47.0 Å². The lowest BCUT2D eigenvalue weighted by Crippen LogP contribution is -2.48. The number of nitrogens with zero attached hydrogens (tertiary/aromatic N) is 3. The molecule has 1 saturated heterocycles. The highest BCUT2D eigenvalue weighted by Gasteiger charge is 2.25. The molecular formula is C19H26N4O2. The Bertz CT molecular complexity index is 713. The summed E-state index contributed by atoms with van der Waals surface area (Å²) in [7, 11) is 1.70. The molecule has 2 amide bonds. The lowest BCUT2D eigenvalue weighted by atomic mass is 10.1. The van der Waals surface area contributed by atoms with Crippen molar-refractivity contribution in [1.29, 1.82) is 0 Å². The van der Waals surface area contributed by atoms with E-state index in [2.05, 4.69) is 10.4 Å². The molecule has 0 bridgehead atoms. The second kappa shape index (κ2) is 7.70. The zero-order valence-electron chi connectivity index (χ0n) is 15.1. The number of likely N-dealkylation sites (tertiary alicyclic amines) is 1. The standard InChI is InChI=1S/C19H26N4O2/c1-14(21-19(24)22-11-7-10-17(13-22)25-3)18-12-20-23(15(18)2)16-8-5-4-6-9-16/h4-6,8-9,12,14,17H,7,10-11,13H2,1-3H3,(H,21,24). The van der Waals surface area contributed by atoms with Gasteiger partial charge in [-0.15, -0.1) is 0 Å². The van der Waals surface area contributed by atoms with Crippen molar-refractivity contribution in [1.82, 2.24) is 20.0 Å². The van der Waals surface area contributed by atoms with Gasteiger partial charge in [-0.3, -0.25) is 0 Å². The van der Waals surface area contributed by atoms with Crippen LogP contribution < -0.4 is 5.32 Å². The maximum Gasteiger partial charge on any atom is 0.317 e. The predicted octanol–water partition coefficient (Wildman–Crippen LogP) is 3.06. The predicted molar refractivity (Wildman–Crippen MR) is 96.9 cm³/mol. The number of piperidine rings is 1. The fourth-order valence-corrected chi connectivity index (χ4v) is 3.35. The van der Waals surface area contributed by atoms with Crippen molar-refractivity contribution < 1.29 is 9.53 Å². The summed E-state index contributed by atoms with van der Waals surface area (Å²) in [6.45, 7) is 5.45. The summed E-state index contributed by atoms with van der Waals surface area (Å²) in [6.07, 6.45) is 3.96. The van der Waals surface area contributed by atoms with Gasteiger partial charge in [0.15, 0.2) is 0 Å². The summed E-state index contributed by atoms with van der Waals surface area (Å²) >= 11 is 0. The Balaban J connectivity index is 1.68. The van der Waals surface area contributed by atoms with Crippen molar-refractivity contribution in [3.05, 3.63) is 47.8 Å². The van der Waals surface area contributed by atoms with Crippen LogP contribution in [-0.2, 0) is 4.74 Å². The average molecular weight is 342 g/mol. The summed E-state index contributed by atoms with van der Waals surface area (Å²) in [6, 6.07) is 9.86. The molecule has 6 nitrogen and oxygen atoms in total. The third kappa shape index (κ3) is 3.85. The summed E-state index contributed by atoms with van der Waals surface area (Å²) in [5, 5.41) is 7.58. The molecule has 0 saturated carbocycles. The summed E-state index contributed by atoms with van der Waals surface area (Å²) in [5.74, 6) is 0. The van der Waals surface area contributed by atoms with E-state index in [1.165, 1.54) is 0 Å². The minimum atomic E-state index is -0.104. The first kappa shape index (κ1) is 17.5. The van der Waals surface area contributed by atoms with Crippen LogP contribution in [0.3, 0.4) is 0 Å². The van der Waals surface area contributed by atoms with Gasteiger partial charge >= 0.3 is 6.03 Å². The Hall–Kier alpha value is -2.34. The highest BCUT2D eigenvalue weighted by Crippen LogP contribution is 2.21. The van der Waals surface area contributed by atoms with Gasteiger partial charge in [-0.25, -0.2) is 9.48 Å². The Kier molecular flexibility index (Phi) is 5.38. The van der Waals surface area contributed by atoms with Crippen LogP contribution in [0.1, 0.15) is 37.1 Å². The first-order valence-electron chi connectivity index (χ1n) is 8.78. The Morgan fingerprint density at radius 1 is 1.36 bits per heavy atom. The minimum Gasteiger partial charge on any atom is -0.380 e. The maximum absolute atomic E-state index is 12.6. The van der Waals surface area contributed by atoms with Crippen LogP contribution in [0.2, 0.25) is 0 Å². The lowest BCUT2D eigenvalue weighted by Gasteiger charge is -2.32. The number of amides is 2. The van der Waals surface area contributed by atoms with Gasteiger partial charge in [0.1, 0.15) is 0 Å². The SMILES string of the molecule is COC1CCCN(C(=O)NC(C)c2cnn(-c3ccccc3)c2C)C1. The van der Waals surface area contributed by atoms with Crippen molar-refractivity contribution in [3.63, 3.8) is 0 Å². The van der Waals surface area contributed by atoms with Crippen molar-refractivity contribution in [3.8, 4) is 5.69 Å². The number of ether oxygens (including phenoxy) is 1. The molecule has 1 fully saturated rings. The van der Waals surface area contributed by atoms with E-state index in [0.29, 0.717) is 6.54 Å². The van der Waals surface area contributed by atoms with Gasteiger partial charge in [0, 0.05) is 31.5 Å². The highest BCUT2D eigenvalue weighted by molar-refractivity contribution is 5.74. The monoisotopic (exact) mass is 342 g/mol. The van der Waals surface area contributed by atoms with Crippen molar-refractivity contribution in [2.24, 2.45) is 0 Å². The van der Waals surface area contributed by atoms with Crippen LogP contribution in [0.5, 0.6) is 0 Å². The number of hydrogen-bond donors (Lipinski definition) is 1. The number of urea groups is 1. The van der Waals surface area contributed by atoms with Gasteiger partial charge in [0.25, 0.3) is 0 Å². The summed E-state index contributed by atoms with van der Waals surface area (Å²) in [4.78, 5) is 14.4. The van der Waals surface area contributed by atoms with E-state index in [0.717, 1.165) is 36.3 Å². The highest BCUT2D eigenvalue weighted by atomic mass is 16.5. The molecule has 6 heteroatoms. The van der Waals surface area contributed by atoms with Crippen LogP contribution in [0.15, 0.2) is 36.5 Å². The smallest absolute Gasteiger partial charge is 0.317 e. The number of carbonyl (C=O) groups excluding carboxylic acids is 1. The number of carbonyl (C=O) groups is 1. The largest absolute Gasteiger partial charge is 0.380 e. The third-order valence-corrected chi connectivity index (χ3v) is 4.85. The van der Waals surface area contributed by atoms with Gasteiger partial charge in [-0.1, -0.05) is 18.2 Å². The molecule has 2 unspecified atom stereocenters. The molecule has 1 aliphatic heterocycles. The lowest BCUT2D eigenvalue weighted by molar-refractivity contribution is 0.0431. The van der Waals surface area contributed by atoms with Gasteiger partial charge in [0.05, 0.1) is 24.0 Å². The fourth-order valence-electron chi connectivity index (χ4n) is 3.35. The van der Waals surface area contributed by atoms with Crippen LogP contribution >= 0.6 is 0 Å². The summed E-state index contributed by atoms with van der Waals surface area (Å²) < 4.78 is 7.30. The number of methoxy groups -OCH3 is 1. The van der Waals surface area contributed by atoms with Gasteiger partial charge in [-0.2, -0.15) is 5.10 Å². The number of rotatable bonds is 4. The van der Waals surface area contributed by atoms with E-state index < -0.39 is 0 Å². The quantitative estimate of drug-likeness (QED) is 0.929. The Morgan fingerprint density at radius 3 is 2.84 bits per heavy atom. The second-order valence-electron chi connectivity index (χ2n) is 6.55. The van der Waals surface area contributed by atoms with E-state index in [-0.39, 0.29) is 18.2 Å². The van der Waals surface area contributed by atoms with E-state index in [4.69, 9.17) is 4.74 Å². The second-order valence-corrected chi connectivity index (χ2v) is 6.55. The molecule has 1 N–H and O–H groups in total. The molecule has 3 rings (SSSR count). The molecule has 1 aromatic heterocycles. The first-order valence-corrected chi connectivity index (χ1v) is 8.78. The summed E-state index contributed by atoms with van der Waals surface area (Å²) in [5.41, 5.74) is 3.08. The number of hydrogen-bond acceptors (Lipinski definition) is 3. The van der Waals surface area contributed by atoms with E-state index in [9.17, 15) is 4.79 Å². The zero-order chi connectivity index (χ0) is 17.8. The van der Waals surface area contributed by atoms with E-state index >= 15 is 0 Å². The Morgan fingerprint density at radius 2 is 2.12 bits per heavy atom. The average Bonchev–Trinajstić information content (AvgIpc) is 3.04. The molecule has 2 atom stereocenters. The molecule has 2 heterocycles. The molecule has 2 aromatic rings. The molecule has 1 aromatic carbocycles. The van der Waals surface area contributed by atoms with Crippen molar-refractivity contribution in [2.75, 3.05) is 20.2 Å². The van der Waals surface area contributed by atoms with Gasteiger partial charge < -0.3 is 15.0 Å². The minimum absolute atomic E-state index is 0.0406. The Labute approximate surface area is 148 Å². The topological polar surface area (TPSA) is 59.4 Å². The molecule has 0 radical (unpaired) electrons. The van der Waals surface area contributed by atoms with Crippen molar-refractivity contribution >= 4 is 6.03 Å². The van der Waals surface area contributed by atoms with Crippen molar-refractivity contribution in [2.45, 2.75) is 38.8 Å². The third-order valence-electron chi connectivity index (χ3n) is 4.85. The van der Waals surface area contributed by atoms with E-state index in [1.807, 2.05) is 60.0 Å². The zero-order valence-corrected chi connectivity index (χ0v) is 15.1. The van der Waals surface area contributed by atoms with Gasteiger partial charge in [0.2, 0.25) is 0 Å². The molecular weight excluding hydrogens is 316 g/mol. The fraction of sp³-hybridized carbons (Fsp3) is 0.474. The molecule has 0 aliphatic carbocycles. The number of para-hydroxylation sites is 1. The first-order chi connectivity index (χ1) is 12.1. The van der Waals surface area contributed by atoms with Crippen LogP contribution in [0.4, 0.5) is 4.79 Å². The van der Waals surface area contributed by atoms with Crippen LogP contribution in [0, 0.1) is 6.92 Å². The van der Waals surface area contributed by atoms with E-state index in [1.54, 1.807) is 7.11 Å². The number of nitrogens with one attached hydrogen (secondary N) is 1. The number of aromatic nitrogens is 2. The number of benzene rings is 1. The molecule has 1 aliphatic rings. The van der Waals surface area contributed by atoms with Gasteiger partial charge in [-0.05, 0) is 38.8 Å².